The molecule has 8 heteroatoms. The number of ether oxygens (including phenoxy) is 4. The van der Waals surface area contributed by atoms with Gasteiger partial charge in [0.1, 0.15) is 25.4 Å². The monoisotopic (exact) mass is 409 g/mol. The zero-order chi connectivity index (χ0) is 19.9. The first-order valence-electron chi connectivity index (χ1n) is 9.37. The molecule has 8 nitrogen and oxygen atoms in total. The number of nitrogens with zero attached hydrogens (tertiary/aromatic N) is 2. The highest BCUT2D eigenvalue weighted by molar-refractivity contribution is 5.93. The predicted octanol–water partition coefficient (Wildman–Crippen LogP) is 2.33. The van der Waals surface area contributed by atoms with Gasteiger partial charge in [-0.15, -0.1) is 6.42 Å². The van der Waals surface area contributed by atoms with Crippen LogP contribution in [0.3, 0.4) is 0 Å². The van der Waals surface area contributed by atoms with E-state index in [-0.39, 0.29) is 5.48 Å². The Balaban J connectivity index is 0.00000256. The molecular weight excluding hydrogens is 386 g/mol. The van der Waals surface area contributed by atoms with Crippen LogP contribution in [0, 0.1) is 12.3 Å². The Labute approximate surface area is 174 Å². The van der Waals surface area contributed by atoms with Crippen molar-refractivity contribution in [2.24, 2.45) is 0 Å². The third-order valence-electron chi connectivity index (χ3n) is 4.34. The summed E-state index contributed by atoms with van der Waals surface area (Å²) in [6.07, 6.45) is 7.01. The average molecular weight is 409 g/mol. The molecule has 0 spiro atoms. The lowest BCUT2D eigenvalue weighted by Gasteiger charge is -2.16. The van der Waals surface area contributed by atoms with E-state index in [1.165, 1.54) is 6.33 Å². The molecule has 2 aromatic carbocycles. The summed E-state index contributed by atoms with van der Waals surface area (Å²) in [7, 11) is 0. The van der Waals surface area contributed by atoms with Gasteiger partial charge < -0.3 is 29.7 Å². The van der Waals surface area contributed by atoms with Gasteiger partial charge in [0.15, 0.2) is 11.5 Å². The molecule has 0 bridgehead atoms. The Morgan fingerprint density at radius 2 is 1.57 bits per heavy atom. The second-order valence-electron chi connectivity index (χ2n) is 6.31. The van der Waals surface area contributed by atoms with Crippen molar-refractivity contribution in [3.8, 4) is 23.8 Å². The van der Waals surface area contributed by atoms with Gasteiger partial charge in [-0.3, -0.25) is 0 Å². The summed E-state index contributed by atoms with van der Waals surface area (Å²) in [5.41, 5.74) is 2.37. The van der Waals surface area contributed by atoms with Crippen LogP contribution in [0.25, 0.3) is 10.9 Å². The van der Waals surface area contributed by atoms with Crippen LogP contribution in [0.5, 0.6) is 11.5 Å². The van der Waals surface area contributed by atoms with Crippen LogP contribution in [0.4, 0.5) is 11.5 Å². The molecule has 0 fully saturated rings. The van der Waals surface area contributed by atoms with Gasteiger partial charge in [-0.1, -0.05) is 12.0 Å². The fraction of sp³-hybridized carbons (Fsp3) is 0.273. The largest absolute Gasteiger partial charge is 0.487 e. The highest BCUT2D eigenvalue weighted by Crippen LogP contribution is 2.35. The topological polar surface area (TPSA) is 106 Å². The van der Waals surface area contributed by atoms with E-state index in [1.54, 1.807) is 0 Å². The van der Waals surface area contributed by atoms with Crippen molar-refractivity contribution in [1.29, 1.82) is 0 Å². The average Bonchev–Trinajstić information content (AvgIpc) is 2.74. The second-order valence-corrected chi connectivity index (χ2v) is 6.31. The van der Waals surface area contributed by atoms with E-state index in [9.17, 15) is 0 Å². The number of aromatic nitrogens is 2. The second kappa shape index (κ2) is 10.4. The number of nitrogens with one attached hydrogen (secondary N) is 1. The number of terminal acetylenes is 1. The van der Waals surface area contributed by atoms with Crippen molar-refractivity contribution in [3.05, 3.63) is 48.3 Å². The minimum Gasteiger partial charge on any atom is -0.487 e. The first-order valence-corrected chi connectivity index (χ1v) is 9.37. The highest BCUT2D eigenvalue weighted by atomic mass is 16.6. The highest BCUT2D eigenvalue weighted by Gasteiger charge is 2.13. The zero-order valence-electron chi connectivity index (χ0n) is 16.4. The molecule has 0 saturated heterocycles. The first kappa shape index (κ1) is 21.3. The zero-order valence-corrected chi connectivity index (χ0v) is 16.4. The summed E-state index contributed by atoms with van der Waals surface area (Å²) in [6.45, 7) is 2.84. The van der Waals surface area contributed by atoms with E-state index >= 15 is 0 Å². The number of rotatable bonds is 2. The standard InChI is InChI=1S/C22H21N3O4.H2O/c1-2-16-4-3-5-17(12-16)25-22-18-13-20-21(14-19(18)23-15-24-22)29-11-9-27-7-6-26-8-10-28-20;/h1,3-5,12-15H,6-11H2,(H,23,24,25);1H2. The number of fused-ring (bicyclic) bond motifs is 2. The minimum absolute atomic E-state index is 0. The van der Waals surface area contributed by atoms with Crippen LogP contribution >= 0.6 is 0 Å². The molecule has 1 aromatic heterocycles. The van der Waals surface area contributed by atoms with Gasteiger partial charge in [0.05, 0.1) is 31.9 Å². The molecule has 0 unspecified atom stereocenters. The van der Waals surface area contributed by atoms with Crippen LogP contribution in [0.1, 0.15) is 5.56 Å². The summed E-state index contributed by atoms with van der Waals surface area (Å²) < 4.78 is 22.7. The number of benzene rings is 2. The lowest BCUT2D eigenvalue weighted by molar-refractivity contribution is 0.0224. The SMILES string of the molecule is C#Cc1cccc(Nc2ncnc3cc4c(cc23)OCCOCCOCCO4)c1.O. The predicted molar refractivity (Wildman–Crippen MR) is 113 cm³/mol. The molecular formula is C22H23N3O5. The van der Waals surface area contributed by atoms with Gasteiger partial charge in [-0.25, -0.2) is 9.97 Å². The fourth-order valence-electron chi connectivity index (χ4n) is 2.96. The Morgan fingerprint density at radius 3 is 2.30 bits per heavy atom. The molecule has 3 N–H and O–H groups in total. The van der Waals surface area contributed by atoms with Gasteiger partial charge in [-0.2, -0.15) is 0 Å². The molecule has 0 aliphatic carbocycles. The maximum atomic E-state index is 5.91. The Morgan fingerprint density at radius 1 is 0.867 bits per heavy atom. The third-order valence-corrected chi connectivity index (χ3v) is 4.34. The summed E-state index contributed by atoms with van der Waals surface area (Å²) in [5, 5.41) is 4.12. The minimum atomic E-state index is 0. The maximum absolute atomic E-state index is 5.91. The van der Waals surface area contributed by atoms with Gasteiger partial charge in [0.25, 0.3) is 0 Å². The van der Waals surface area contributed by atoms with E-state index in [1.807, 2.05) is 36.4 Å². The molecule has 0 amide bonds. The molecule has 0 radical (unpaired) electrons. The van der Waals surface area contributed by atoms with E-state index in [0.29, 0.717) is 57.0 Å². The molecule has 1 aliphatic heterocycles. The summed E-state index contributed by atoms with van der Waals surface area (Å²) in [4.78, 5) is 8.77. The summed E-state index contributed by atoms with van der Waals surface area (Å²) >= 11 is 0. The van der Waals surface area contributed by atoms with Crippen molar-refractivity contribution in [1.82, 2.24) is 9.97 Å². The lowest BCUT2D eigenvalue weighted by atomic mass is 10.2. The summed E-state index contributed by atoms with van der Waals surface area (Å²) in [5.74, 6) is 4.51. The Kier molecular flexibility index (Phi) is 7.40. The molecule has 30 heavy (non-hydrogen) atoms. The Hall–Kier alpha value is -3.38. The molecule has 0 saturated carbocycles. The summed E-state index contributed by atoms with van der Waals surface area (Å²) in [6, 6.07) is 11.3. The third kappa shape index (κ3) is 5.15. The molecule has 3 aromatic rings. The van der Waals surface area contributed by atoms with Crippen LogP contribution in [-0.2, 0) is 9.47 Å². The quantitative estimate of drug-likeness (QED) is 0.648. The molecule has 156 valence electrons. The smallest absolute Gasteiger partial charge is 0.163 e. The van der Waals surface area contributed by atoms with Crippen molar-refractivity contribution in [2.45, 2.75) is 0 Å². The van der Waals surface area contributed by atoms with Gasteiger partial charge in [-0.05, 0) is 24.3 Å². The van der Waals surface area contributed by atoms with E-state index in [0.717, 1.165) is 22.2 Å². The Bertz CT molecular complexity index is 1030. The molecule has 0 atom stereocenters. The molecule has 4 rings (SSSR count). The van der Waals surface area contributed by atoms with Crippen LogP contribution < -0.4 is 14.8 Å². The van der Waals surface area contributed by atoms with Gasteiger partial charge in [0, 0.05) is 22.7 Å². The van der Waals surface area contributed by atoms with E-state index < -0.39 is 0 Å². The number of anilines is 2. The van der Waals surface area contributed by atoms with E-state index in [2.05, 4.69) is 21.2 Å². The number of hydrogen-bond acceptors (Lipinski definition) is 7. The molecule has 2 heterocycles. The first-order chi connectivity index (χ1) is 14.3. The van der Waals surface area contributed by atoms with Crippen LogP contribution in [-0.4, -0.2) is 55.1 Å². The lowest BCUT2D eigenvalue weighted by Crippen LogP contribution is -2.15. The van der Waals surface area contributed by atoms with Crippen molar-refractivity contribution >= 4 is 22.4 Å². The van der Waals surface area contributed by atoms with Crippen molar-refractivity contribution in [2.75, 3.05) is 45.0 Å². The maximum Gasteiger partial charge on any atom is 0.163 e. The van der Waals surface area contributed by atoms with Gasteiger partial charge >= 0.3 is 0 Å². The van der Waals surface area contributed by atoms with Crippen molar-refractivity contribution < 1.29 is 24.4 Å². The van der Waals surface area contributed by atoms with Gasteiger partial charge in [0.2, 0.25) is 0 Å². The molecule has 1 aliphatic rings. The van der Waals surface area contributed by atoms with Crippen LogP contribution in [0.15, 0.2) is 42.7 Å². The van der Waals surface area contributed by atoms with Crippen LogP contribution in [0.2, 0.25) is 0 Å². The van der Waals surface area contributed by atoms with E-state index in [4.69, 9.17) is 25.4 Å². The normalized spacial score (nSPS) is 14.5. The number of hydrogen-bond donors (Lipinski definition) is 1. The fourth-order valence-corrected chi connectivity index (χ4v) is 2.96. The van der Waals surface area contributed by atoms with Crippen molar-refractivity contribution in [3.63, 3.8) is 0 Å².